The van der Waals surface area contributed by atoms with Crippen LogP contribution in [0.15, 0.2) is 84.9 Å². The van der Waals surface area contributed by atoms with Crippen molar-refractivity contribution in [3.63, 3.8) is 0 Å². The number of aromatic nitrogens is 1. The fourth-order valence-corrected chi connectivity index (χ4v) is 4.02. The molecule has 0 bridgehead atoms. The van der Waals surface area contributed by atoms with Crippen LogP contribution >= 0.6 is 11.3 Å². The van der Waals surface area contributed by atoms with E-state index in [1.165, 1.54) is 16.1 Å². The average molecular weight is 356 g/mol. The lowest BCUT2D eigenvalue weighted by Crippen LogP contribution is -2.07. The van der Waals surface area contributed by atoms with Gasteiger partial charge in [0.05, 0.1) is 10.6 Å². The molecule has 1 aromatic heterocycles. The Kier molecular flexibility index (Phi) is 4.55. The molecule has 4 rings (SSSR count). The van der Waals surface area contributed by atoms with E-state index in [0.29, 0.717) is 0 Å². The van der Waals surface area contributed by atoms with Crippen LogP contribution in [-0.4, -0.2) is 19.1 Å². The van der Waals surface area contributed by atoms with Gasteiger partial charge < -0.3 is 4.90 Å². The molecule has 1 heterocycles. The molecule has 128 valence electrons. The second kappa shape index (κ2) is 7.14. The van der Waals surface area contributed by atoms with E-state index >= 15 is 0 Å². The third-order valence-corrected chi connectivity index (χ3v) is 5.49. The third kappa shape index (κ3) is 3.26. The highest BCUT2D eigenvalue weighted by Gasteiger charge is 2.15. The van der Waals surface area contributed by atoms with E-state index in [1.54, 1.807) is 11.3 Å². The summed E-state index contributed by atoms with van der Waals surface area (Å²) in [6, 6.07) is 29.5. The molecule has 0 saturated carbocycles. The van der Waals surface area contributed by atoms with Gasteiger partial charge in [0.25, 0.3) is 0 Å². The second-order valence-corrected chi connectivity index (χ2v) is 7.37. The molecule has 0 unspecified atom stereocenters. The molecule has 2 nitrogen and oxygen atoms in total. The molecule has 0 atom stereocenters. The van der Waals surface area contributed by atoms with Gasteiger partial charge in [-0.2, -0.15) is 0 Å². The molecule has 3 aromatic carbocycles. The molecule has 0 aliphatic carbocycles. The highest BCUT2D eigenvalue weighted by Crippen LogP contribution is 2.40. The molecule has 26 heavy (non-hydrogen) atoms. The van der Waals surface area contributed by atoms with Crippen molar-refractivity contribution in [3.05, 3.63) is 84.9 Å². The molecule has 0 spiro atoms. The van der Waals surface area contributed by atoms with Crippen molar-refractivity contribution >= 4 is 17.0 Å². The Bertz CT molecular complexity index is 931. The van der Waals surface area contributed by atoms with Gasteiger partial charge in [-0.05, 0) is 29.8 Å². The van der Waals surface area contributed by atoms with Crippen LogP contribution in [0.2, 0.25) is 0 Å². The Morgan fingerprint density at radius 3 is 1.81 bits per heavy atom. The minimum absolute atomic E-state index is 1.05. The smallest absolute Gasteiger partial charge is 0.124 e. The second-order valence-electron chi connectivity index (χ2n) is 6.37. The summed E-state index contributed by atoms with van der Waals surface area (Å²) >= 11 is 1.75. The topological polar surface area (TPSA) is 16.1 Å². The van der Waals surface area contributed by atoms with E-state index in [4.69, 9.17) is 4.98 Å². The Morgan fingerprint density at radius 1 is 0.654 bits per heavy atom. The highest BCUT2D eigenvalue weighted by atomic mass is 32.1. The number of hydrogen-bond acceptors (Lipinski definition) is 3. The molecule has 0 aliphatic rings. The van der Waals surface area contributed by atoms with Crippen molar-refractivity contribution in [3.8, 4) is 32.3 Å². The maximum Gasteiger partial charge on any atom is 0.124 e. The Labute approximate surface area is 158 Å². The van der Waals surface area contributed by atoms with Gasteiger partial charge >= 0.3 is 0 Å². The quantitative estimate of drug-likeness (QED) is 0.432. The lowest BCUT2D eigenvalue weighted by molar-refractivity contribution is 1.13. The first kappa shape index (κ1) is 16.6. The Balaban J connectivity index is 1.83. The molecule has 0 amide bonds. The number of hydrogen-bond donors (Lipinski definition) is 0. The summed E-state index contributed by atoms with van der Waals surface area (Å²) in [6.45, 7) is 0. The Hall–Kier alpha value is -2.91. The minimum Gasteiger partial charge on any atom is -0.378 e. The molecular weight excluding hydrogens is 336 g/mol. The lowest BCUT2D eigenvalue weighted by Gasteiger charge is -2.11. The summed E-state index contributed by atoms with van der Waals surface area (Å²) in [6.07, 6.45) is 0. The molecule has 0 aliphatic heterocycles. The van der Waals surface area contributed by atoms with Crippen LogP contribution in [0, 0.1) is 0 Å². The molecular formula is C23H20N2S. The van der Waals surface area contributed by atoms with Crippen molar-refractivity contribution < 1.29 is 0 Å². The number of nitrogens with zero attached hydrogens (tertiary/aromatic N) is 2. The summed E-state index contributed by atoms with van der Waals surface area (Å²) in [5, 5.41) is 1.05. The zero-order valence-corrected chi connectivity index (χ0v) is 15.7. The molecule has 0 N–H and O–H groups in total. The van der Waals surface area contributed by atoms with Crippen molar-refractivity contribution in [2.45, 2.75) is 0 Å². The fourth-order valence-electron chi connectivity index (χ4n) is 2.92. The summed E-state index contributed by atoms with van der Waals surface area (Å²) in [4.78, 5) is 8.33. The van der Waals surface area contributed by atoms with Crippen molar-refractivity contribution in [2.75, 3.05) is 19.0 Å². The van der Waals surface area contributed by atoms with Crippen LogP contribution in [0.25, 0.3) is 32.3 Å². The highest BCUT2D eigenvalue weighted by molar-refractivity contribution is 7.19. The predicted octanol–water partition coefficient (Wildman–Crippen LogP) is 6.21. The van der Waals surface area contributed by atoms with E-state index in [1.807, 2.05) is 12.1 Å². The van der Waals surface area contributed by atoms with Crippen LogP contribution in [0.5, 0.6) is 0 Å². The third-order valence-electron chi connectivity index (χ3n) is 4.34. The molecule has 0 radical (unpaired) electrons. The first-order chi connectivity index (χ1) is 12.7. The van der Waals surface area contributed by atoms with E-state index in [0.717, 1.165) is 21.8 Å². The SMILES string of the molecule is CN(C)c1ccc(-c2nc(-c3ccccc3)c(-c3ccccc3)s2)cc1. The van der Waals surface area contributed by atoms with Crippen LogP contribution in [-0.2, 0) is 0 Å². The van der Waals surface area contributed by atoms with Crippen LogP contribution in [0.4, 0.5) is 5.69 Å². The number of rotatable bonds is 4. The van der Waals surface area contributed by atoms with Gasteiger partial charge in [-0.25, -0.2) is 4.98 Å². The van der Waals surface area contributed by atoms with Gasteiger partial charge in [-0.15, -0.1) is 11.3 Å². The maximum atomic E-state index is 5.01. The van der Waals surface area contributed by atoms with Gasteiger partial charge in [-0.3, -0.25) is 0 Å². The summed E-state index contributed by atoms with van der Waals surface area (Å²) in [5.41, 5.74) is 5.75. The predicted molar refractivity (Wildman–Crippen MR) is 113 cm³/mol. The van der Waals surface area contributed by atoms with Gasteiger partial charge in [0.1, 0.15) is 5.01 Å². The van der Waals surface area contributed by atoms with Gasteiger partial charge in [0.15, 0.2) is 0 Å². The van der Waals surface area contributed by atoms with Crippen molar-refractivity contribution in [2.24, 2.45) is 0 Å². The molecule has 0 fully saturated rings. The van der Waals surface area contributed by atoms with Crippen LogP contribution < -0.4 is 4.90 Å². The molecule has 0 saturated heterocycles. The number of anilines is 1. The summed E-state index contributed by atoms with van der Waals surface area (Å²) in [5.74, 6) is 0. The van der Waals surface area contributed by atoms with Gasteiger partial charge in [0.2, 0.25) is 0 Å². The van der Waals surface area contributed by atoms with E-state index in [9.17, 15) is 0 Å². The zero-order chi connectivity index (χ0) is 17.9. The fraction of sp³-hybridized carbons (Fsp3) is 0.0870. The maximum absolute atomic E-state index is 5.01. The normalized spacial score (nSPS) is 10.7. The minimum atomic E-state index is 1.05. The number of benzene rings is 3. The van der Waals surface area contributed by atoms with Gasteiger partial charge in [0, 0.05) is 30.9 Å². The standard InChI is InChI=1S/C23H20N2S/c1-25(2)20-15-13-19(14-16-20)23-24-21(17-9-5-3-6-10-17)22(26-23)18-11-7-4-8-12-18/h3-16H,1-2H3. The molecule has 4 aromatic rings. The van der Waals surface area contributed by atoms with E-state index in [2.05, 4.69) is 91.8 Å². The lowest BCUT2D eigenvalue weighted by atomic mass is 10.1. The van der Waals surface area contributed by atoms with Crippen molar-refractivity contribution in [1.82, 2.24) is 4.98 Å². The monoisotopic (exact) mass is 356 g/mol. The van der Waals surface area contributed by atoms with Crippen molar-refractivity contribution in [1.29, 1.82) is 0 Å². The van der Waals surface area contributed by atoms with Crippen LogP contribution in [0.3, 0.4) is 0 Å². The molecule has 3 heteroatoms. The first-order valence-corrected chi connectivity index (χ1v) is 9.43. The van der Waals surface area contributed by atoms with Gasteiger partial charge in [-0.1, -0.05) is 60.7 Å². The van der Waals surface area contributed by atoms with Crippen LogP contribution in [0.1, 0.15) is 0 Å². The van der Waals surface area contributed by atoms with E-state index in [-0.39, 0.29) is 0 Å². The average Bonchev–Trinajstić information content (AvgIpc) is 3.15. The Morgan fingerprint density at radius 2 is 1.23 bits per heavy atom. The largest absolute Gasteiger partial charge is 0.378 e. The van der Waals surface area contributed by atoms with E-state index < -0.39 is 0 Å². The summed E-state index contributed by atoms with van der Waals surface area (Å²) < 4.78 is 0. The summed E-state index contributed by atoms with van der Waals surface area (Å²) in [7, 11) is 4.11. The number of thiazole rings is 1. The zero-order valence-electron chi connectivity index (χ0n) is 14.9. The first-order valence-electron chi connectivity index (χ1n) is 8.62.